The Bertz CT molecular complexity index is 249. The summed E-state index contributed by atoms with van der Waals surface area (Å²) in [6, 6.07) is 0. The molecule has 0 heterocycles. The third-order valence-electron chi connectivity index (χ3n) is 2.03. The molecule has 0 aliphatic rings. The van der Waals surface area contributed by atoms with Crippen molar-refractivity contribution in [3.05, 3.63) is 0 Å². The van der Waals surface area contributed by atoms with Crippen molar-refractivity contribution in [2.45, 2.75) is 20.3 Å². The largest absolute Gasteiger partial charge is 0.478 e. The fourth-order valence-electron chi connectivity index (χ4n) is 1.11. The summed E-state index contributed by atoms with van der Waals surface area (Å²) in [6.07, 6.45) is 1.05. The van der Waals surface area contributed by atoms with E-state index in [9.17, 15) is 0 Å². The first-order valence-corrected chi connectivity index (χ1v) is 12.0. The second-order valence-electron chi connectivity index (χ2n) is 3.64. The number of thiocarbonyl (C=S) groups is 2. The van der Waals surface area contributed by atoms with Gasteiger partial charge in [0.15, 0.2) is 0 Å². The Morgan fingerprint density at radius 3 is 1.57 bits per heavy atom. The van der Waals surface area contributed by atoms with Crippen LogP contribution in [0.1, 0.15) is 20.3 Å². The van der Waals surface area contributed by atoms with Crippen molar-refractivity contribution in [2.24, 2.45) is 0 Å². The maximum atomic E-state index is 5.46. The van der Waals surface area contributed by atoms with E-state index in [1.807, 2.05) is 23.5 Å². The first-order valence-electron chi connectivity index (χ1n) is 6.95. The first-order chi connectivity index (χ1) is 10.2. The zero-order valence-corrected chi connectivity index (χ0v) is 17.5. The van der Waals surface area contributed by atoms with Crippen molar-refractivity contribution < 1.29 is 9.47 Å². The molecule has 0 radical (unpaired) electrons. The smallest absolute Gasteiger partial charge is 0.219 e. The number of ether oxygens (including phenoxy) is 2. The normalized spacial score (nSPS) is 10.4. The molecule has 0 unspecified atom stereocenters. The minimum Gasteiger partial charge on any atom is -0.478 e. The van der Waals surface area contributed by atoms with Gasteiger partial charge in [-0.1, -0.05) is 37.4 Å². The highest BCUT2D eigenvalue weighted by Gasteiger charge is 2.02. The average Bonchev–Trinajstić information content (AvgIpc) is 2.48. The van der Waals surface area contributed by atoms with Crippen LogP contribution in [0.2, 0.25) is 0 Å². The molecule has 21 heavy (non-hydrogen) atoms. The molecule has 0 aliphatic carbocycles. The summed E-state index contributed by atoms with van der Waals surface area (Å²) in [7, 11) is 0. The summed E-state index contributed by atoms with van der Waals surface area (Å²) in [4.78, 5) is 0. The average molecular weight is 405 g/mol. The molecule has 0 rings (SSSR count). The lowest BCUT2D eigenvalue weighted by atomic mass is 10.6. The van der Waals surface area contributed by atoms with Gasteiger partial charge < -0.3 is 9.47 Å². The van der Waals surface area contributed by atoms with Crippen molar-refractivity contribution >= 4 is 80.2 Å². The van der Waals surface area contributed by atoms with Crippen LogP contribution in [-0.4, -0.2) is 56.5 Å². The summed E-state index contributed by atoms with van der Waals surface area (Å²) < 4.78 is 12.2. The Morgan fingerprint density at radius 2 is 1.19 bits per heavy atom. The van der Waals surface area contributed by atoms with Gasteiger partial charge in [-0.3, -0.25) is 0 Å². The third kappa shape index (κ3) is 17.4. The molecule has 0 aliphatic heterocycles. The Kier molecular flexibility index (Phi) is 18.5. The molecular formula is C13H24O2S6. The van der Waals surface area contributed by atoms with E-state index in [2.05, 4.69) is 13.8 Å². The standard InChI is InChI=1S/C13H24O2S6/c1-3-18-10-6-14-12(16)20-8-5-9-21-13(17)15-7-11-19-4-2/h3-11H2,1-2H3. The maximum absolute atomic E-state index is 5.46. The lowest BCUT2D eigenvalue weighted by molar-refractivity contribution is 0.350. The van der Waals surface area contributed by atoms with E-state index in [1.54, 1.807) is 23.5 Å². The molecule has 0 atom stereocenters. The van der Waals surface area contributed by atoms with Crippen LogP contribution in [0.3, 0.4) is 0 Å². The van der Waals surface area contributed by atoms with Gasteiger partial charge in [-0.15, -0.1) is 0 Å². The molecule has 2 nitrogen and oxygen atoms in total. The second-order valence-corrected chi connectivity index (χ2v) is 9.82. The van der Waals surface area contributed by atoms with E-state index in [0.29, 0.717) is 22.0 Å². The third-order valence-corrected chi connectivity index (χ3v) is 6.39. The molecule has 0 aromatic carbocycles. The topological polar surface area (TPSA) is 18.5 Å². The zero-order chi connectivity index (χ0) is 15.8. The van der Waals surface area contributed by atoms with Crippen LogP contribution in [0.15, 0.2) is 0 Å². The van der Waals surface area contributed by atoms with Crippen LogP contribution < -0.4 is 0 Å². The van der Waals surface area contributed by atoms with Gasteiger partial charge in [0.1, 0.15) is 0 Å². The highest BCUT2D eigenvalue weighted by molar-refractivity contribution is 8.23. The van der Waals surface area contributed by atoms with Crippen LogP contribution in [0.25, 0.3) is 0 Å². The number of rotatable bonds is 12. The molecule has 8 heteroatoms. The van der Waals surface area contributed by atoms with Gasteiger partial charge in [-0.05, 0) is 42.4 Å². The van der Waals surface area contributed by atoms with Gasteiger partial charge >= 0.3 is 0 Å². The van der Waals surface area contributed by atoms with Gasteiger partial charge in [0.2, 0.25) is 8.77 Å². The lowest BCUT2D eigenvalue weighted by Crippen LogP contribution is -2.04. The molecule has 0 saturated heterocycles. The van der Waals surface area contributed by atoms with Crippen molar-refractivity contribution in [3.63, 3.8) is 0 Å². The van der Waals surface area contributed by atoms with Gasteiger partial charge in [-0.25, -0.2) is 0 Å². The van der Waals surface area contributed by atoms with E-state index < -0.39 is 0 Å². The van der Waals surface area contributed by atoms with Crippen molar-refractivity contribution in [1.82, 2.24) is 0 Å². The predicted octanol–water partition coefficient (Wildman–Crippen LogP) is 4.95. The van der Waals surface area contributed by atoms with Crippen molar-refractivity contribution in [2.75, 3.05) is 47.7 Å². The highest BCUT2D eigenvalue weighted by atomic mass is 32.2. The first kappa shape index (κ1) is 22.2. The molecule has 0 fully saturated rings. The molecule has 0 aromatic heterocycles. The SMILES string of the molecule is CCSCCOC(=S)SCCCSC(=S)OCCSCC. The molecule has 0 aromatic rings. The Morgan fingerprint density at radius 1 is 0.762 bits per heavy atom. The summed E-state index contributed by atoms with van der Waals surface area (Å²) >= 11 is 17.3. The second kappa shape index (κ2) is 17.5. The van der Waals surface area contributed by atoms with Crippen LogP contribution in [-0.2, 0) is 9.47 Å². The minimum absolute atomic E-state index is 0.659. The van der Waals surface area contributed by atoms with E-state index >= 15 is 0 Å². The van der Waals surface area contributed by atoms with E-state index in [4.69, 9.17) is 33.9 Å². The molecule has 0 amide bonds. The van der Waals surface area contributed by atoms with E-state index in [-0.39, 0.29) is 0 Å². The van der Waals surface area contributed by atoms with Gasteiger partial charge in [0, 0.05) is 23.0 Å². The predicted molar refractivity (Wildman–Crippen MR) is 113 cm³/mol. The number of hydrogen-bond acceptors (Lipinski definition) is 8. The van der Waals surface area contributed by atoms with Crippen molar-refractivity contribution in [1.29, 1.82) is 0 Å². The number of hydrogen-bond donors (Lipinski definition) is 0. The van der Waals surface area contributed by atoms with Crippen LogP contribution >= 0.6 is 71.5 Å². The number of thioether (sulfide) groups is 4. The maximum Gasteiger partial charge on any atom is 0.219 e. The molecule has 0 spiro atoms. The molecule has 0 saturated carbocycles. The van der Waals surface area contributed by atoms with Gasteiger partial charge in [0.25, 0.3) is 0 Å². The fourth-order valence-corrected chi connectivity index (χ4v) is 4.18. The molecular weight excluding hydrogens is 381 g/mol. The minimum atomic E-state index is 0.659. The van der Waals surface area contributed by atoms with Crippen molar-refractivity contribution in [3.8, 4) is 0 Å². The molecule has 0 bridgehead atoms. The summed E-state index contributed by atoms with van der Waals surface area (Å²) in [6.45, 7) is 5.72. The Hall–Kier alpha value is 1.18. The molecule has 124 valence electrons. The van der Waals surface area contributed by atoms with Crippen LogP contribution in [0, 0.1) is 0 Å². The van der Waals surface area contributed by atoms with Crippen LogP contribution in [0.5, 0.6) is 0 Å². The van der Waals surface area contributed by atoms with Crippen LogP contribution in [0.4, 0.5) is 0 Å². The Labute approximate surface area is 157 Å². The highest BCUT2D eigenvalue weighted by Crippen LogP contribution is 2.13. The fraction of sp³-hybridized carbons (Fsp3) is 0.846. The Balaban J connectivity index is 3.30. The summed E-state index contributed by atoms with van der Waals surface area (Å²) in [5.41, 5.74) is 0. The van der Waals surface area contributed by atoms with Gasteiger partial charge in [-0.2, -0.15) is 23.5 Å². The summed E-state index contributed by atoms with van der Waals surface area (Å²) in [5, 5.41) is 0. The quantitative estimate of drug-likeness (QED) is 0.332. The van der Waals surface area contributed by atoms with E-state index in [0.717, 1.165) is 40.9 Å². The lowest BCUT2D eigenvalue weighted by Gasteiger charge is -2.07. The monoisotopic (exact) mass is 404 g/mol. The summed E-state index contributed by atoms with van der Waals surface area (Å²) in [5.74, 6) is 6.21. The van der Waals surface area contributed by atoms with E-state index in [1.165, 1.54) is 0 Å². The molecule has 0 N–H and O–H groups in total. The zero-order valence-electron chi connectivity index (χ0n) is 12.6. The van der Waals surface area contributed by atoms with Gasteiger partial charge in [0.05, 0.1) is 13.2 Å².